The van der Waals surface area contributed by atoms with Crippen LogP contribution < -0.4 is 10.2 Å². The van der Waals surface area contributed by atoms with Crippen LogP contribution in [0.4, 0.5) is 17.6 Å². The largest absolute Gasteiger partial charge is 0.378 e. The van der Waals surface area contributed by atoms with Gasteiger partial charge in [0.25, 0.3) is 0 Å². The lowest BCUT2D eigenvalue weighted by Gasteiger charge is -2.27. The highest BCUT2D eigenvalue weighted by Gasteiger charge is 2.15. The normalized spacial score (nSPS) is 15.4. The molecule has 1 N–H and O–H groups in total. The van der Waals surface area contributed by atoms with Crippen LogP contribution >= 0.6 is 0 Å². The molecule has 3 rings (SSSR count). The van der Waals surface area contributed by atoms with E-state index in [0.717, 1.165) is 30.5 Å². The van der Waals surface area contributed by atoms with E-state index < -0.39 is 0 Å². The number of hydrogen-bond donors (Lipinski definition) is 1. The Bertz CT molecular complexity index is 592. The van der Waals surface area contributed by atoms with Gasteiger partial charge in [-0.25, -0.2) is 4.98 Å². The summed E-state index contributed by atoms with van der Waals surface area (Å²) >= 11 is 0. The summed E-state index contributed by atoms with van der Waals surface area (Å²) in [7, 11) is 0. The number of hydrogen-bond acceptors (Lipinski definition) is 7. The minimum atomic E-state index is 0.647. The van der Waals surface area contributed by atoms with Gasteiger partial charge in [0, 0.05) is 30.9 Å². The second-order valence-electron chi connectivity index (χ2n) is 4.74. The van der Waals surface area contributed by atoms with Gasteiger partial charge in [-0.1, -0.05) is 5.16 Å². The molecular weight excluding hydrogens is 258 g/mol. The second kappa shape index (κ2) is 5.46. The molecule has 1 fully saturated rings. The summed E-state index contributed by atoms with van der Waals surface area (Å²) in [4.78, 5) is 11.1. The lowest BCUT2D eigenvalue weighted by atomic mass is 10.4. The maximum absolute atomic E-state index is 5.34. The minimum Gasteiger partial charge on any atom is -0.378 e. The molecule has 0 spiro atoms. The van der Waals surface area contributed by atoms with E-state index >= 15 is 0 Å². The molecule has 7 nitrogen and oxygen atoms in total. The van der Waals surface area contributed by atoms with Crippen LogP contribution in [0.15, 0.2) is 16.7 Å². The van der Waals surface area contributed by atoms with Gasteiger partial charge in [-0.3, -0.25) is 0 Å². The third-order valence-corrected chi connectivity index (χ3v) is 3.02. The second-order valence-corrected chi connectivity index (χ2v) is 4.74. The fraction of sp³-hybridized carbons (Fsp3) is 0.462. The molecule has 0 bridgehead atoms. The van der Waals surface area contributed by atoms with Crippen molar-refractivity contribution in [2.75, 3.05) is 36.5 Å². The number of rotatable bonds is 3. The fourth-order valence-electron chi connectivity index (χ4n) is 2.08. The van der Waals surface area contributed by atoms with E-state index in [9.17, 15) is 0 Å². The van der Waals surface area contributed by atoms with Gasteiger partial charge in [0.2, 0.25) is 5.95 Å². The van der Waals surface area contributed by atoms with Crippen LogP contribution in [0.2, 0.25) is 0 Å². The van der Waals surface area contributed by atoms with Gasteiger partial charge in [-0.15, -0.1) is 0 Å². The Morgan fingerprint density at radius 3 is 2.60 bits per heavy atom. The first-order valence-electron chi connectivity index (χ1n) is 6.59. The summed E-state index contributed by atoms with van der Waals surface area (Å²) in [5.74, 6) is 2.84. The average Bonchev–Trinajstić information content (AvgIpc) is 2.84. The Kier molecular flexibility index (Phi) is 3.51. The van der Waals surface area contributed by atoms with Crippen molar-refractivity contribution in [1.29, 1.82) is 0 Å². The molecule has 7 heteroatoms. The fourth-order valence-corrected chi connectivity index (χ4v) is 2.08. The van der Waals surface area contributed by atoms with E-state index in [0.29, 0.717) is 24.8 Å². The number of nitrogens with one attached hydrogen (secondary N) is 1. The van der Waals surface area contributed by atoms with Crippen LogP contribution in [0.3, 0.4) is 0 Å². The van der Waals surface area contributed by atoms with Gasteiger partial charge in [0.1, 0.15) is 11.6 Å². The summed E-state index contributed by atoms with van der Waals surface area (Å²) in [5, 5.41) is 7.03. The Labute approximate surface area is 117 Å². The summed E-state index contributed by atoms with van der Waals surface area (Å²) in [6.07, 6.45) is 0. The molecule has 0 amide bonds. The molecule has 2 aromatic heterocycles. The molecule has 1 aliphatic rings. The number of morpholine rings is 1. The van der Waals surface area contributed by atoms with Crippen molar-refractivity contribution >= 4 is 17.6 Å². The highest BCUT2D eigenvalue weighted by molar-refractivity contribution is 5.54. The van der Waals surface area contributed by atoms with Crippen molar-refractivity contribution in [3.05, 3.63) is 23.6 Å². The van der Waals surface area contributed by atoms with E-state index in [-0.39, 0.29) is 0 Å². The molecule has 0 aliphatic carbocycles. The SMILES string of the molecule is Cc1cc(Nc2cc(C)on2)nc(N2CCOCC2)n1. The molecule has 1 aliphatic heterocycles. The van der Waals surface area contributed by atoms with Crippen LogP contribution in [0.25, 0.3) is 0 Å². The molecule has 2 aromatic rings. The molecule has 0 aromatic carbocycles. The van der Waals surface area contributed by atoms with Gasteiger partial charge >= 0.3 is 0 Å². The average molecular weight is 275 g/mol. The van der Waals surface area contributed by atoms with Crippen molar-refractivity contribution in [3.8, 4) is 0 Å². The van der Waals surface area contributed by atoms with Gasteiger partial charge in [0.15, 0.2) is 5.82 Å². The molecular formula is C13H17N5O2. The van der Waals surface area contributed by atoms with E-state index in [2.05, 4.69) is 25.3 Å². The quantitative estimate of drug-likeness (QED) is 0.912. The zero-order valence-corrected chi connectivity index (χ0v) is 11.6. The van der Waals surface area contributed by atoms with Gasteiger partial charge < -0.3 is 19.5 Å². The van der Waals surface area contributed by atoms with Crippen molar-refractivity contribution in [2.24, 2.45) is 0 Å². The number of anilines is 3. The molecule has 20 heavy (non-hydrogen) atoms. The van der Waals surface area contributed by atoms with Gasteiger partial charge in [-0.05, 0) is 13.8 Å². The first-order chi connectivity index (χ1) is 9.70. The van der Waals surface area contributed by atoms with E-state index in [4.69, 9.17) is 9.26 Å². The van der Waals surface area contributed by atoms with Crippen molar-refractivity contribution in [2.45, 2.75) is 13.8 Å². The molecule has 0 unspecified atom stereocenters. The Morgan fingerprint density at radius 1 is 1.10 bits per heavy atom. The van der Waals surface area contributed by atoms with Crippen LogP contribution in [-0.2, 0) is 4.74 Å². The van der Waals surface area contributed by atoms with Crippen molar-refractivity contribution in [3.63, 3.8) is 0 Å². The topological polar surface area (TPSA) is 76.3 Å². The van der Waals surface area contributed by atoms with E-state index in [1.807, 2.05) is 26.0 Å². The molecule has 0 atom stereocenters. The minimum absolute atomic E-state index is 0.647. The maximum atomic E-state index is 5.34. The first-order valence-corrected chi connectivity index (χ1v) is 6.59. The summed E-state index contributed by atoms with van der Waals surface area (Å²) in [6.45, 7) is 6.84. The molecule has 1 saturated heterocycles. The monoisotopic (exact) mass is 275 g/mol. The van der Waals surface area contributed by atoms with Gasteiger partial charge in [0.05, 0.1) is 13.2 Å². The molecule has 0 saturated carbocycles. The summed E-state index contributed by atoms with van der Waals surface area (Å²) in [5.41, 5.74) is 0.907. The number of aryl methyl sites for hydroxylation is 2. The summed E-state index contributed by atoms with van der Waals surface area (Å²) < 4.78 is 10.4. The number of nitrogens with zero attached hydrogens (tertiary/aromatic N) is 4. The summed E-state index contributed by atoms with van der Waals surface area (Å²) in [6, 6.07) is 3.71. The lowest BCUT2D eigenvalue weighted by molar-refractivity contribution is 0.122. The standard InChI is InChI=1S/C13H17N5O2/c1-9-7-11(15-12-8-10(2)20-17-12)16-13(14-9)18-3-5-19-6-4-18/h7-8H,3-6H2,1-2H3,(H,14,15,16,17). The number of ether oxygens (including phenoxy) is 1. The Hall–Kier alpha value is -2.15. The molecule has 106 valence electrons. The lowest BCUT2D eigenvalue weighted by Crippen LogP contribution is -2.37. The maximum Gasteiger partial charge on any atom is 0.227 e. The Morgan fingerprint density at radius 2 is 1.90 bits per heavy atom. The zero-order chi connectivity index (χ0) is 13.9. The highest BCUT2D eigenvalue weighted by atomic mass is 16.5. The van der Waals surface area contributed by atoms with E-state index in [1.165, 1.54) is 0 Å². The van der Waals surface area contributed by atoms with Crippen LogP contribution in [0, 0.1) is 13.8 Å². The first kappa shape index (κ1) is 12.9. The smallest absolute Gasteiger partial charge is 0.227 e. The molecule has 3 heterocycles. The van der Waals surface area contributed by atoms with Crippen LogP contribution in [0.5, 0.6) is 0 Å². The Balaban J connectivity index is 1.82. The van der Waals surface area contributed by atoms with Crippen molar-refractivity contribution < 1.29 is 9.26 Å². The van der Waals surface area contributed by atoms with Gasteiger partial charge in [-0.2, -0.15) is 4.98 Å². The van der Waals surface area contributed by atoms with Crippen molar-refractivity contribution in [1.82, 2.24) is 15.1 Å². The van der Waals surface area contributed by atoms with Crippen LogP contribution in [-0.4, -0.2) is 41.4 Å². The zero-order valence-electron chi connectivity index (χ0n) is 11.6. The highest BCUT2D eigenvalue weighted by Crippen LogP contribution is 2.18. The molecule has 0 radical (unpaired) electrons. The third kappa shape index (κ3) is 2.88. The van der Waals surface area contributed by atoms with E-state index in [1.54, 1.807) is 0 Å². The predicted octanol–water partition coefficient (Wildman–Crippen LogP) is 1.66. The van der Waals surface area contributed by atoms with Crippen LogP contribution in [0.1, 0.15) is 11.5 Å². The third-order valence-electron chi connectivity index (χ3n) is 3.02. The predicted molar refractivity (Wildman–Crippen MR) is 74.3 cm³/mol. The number of aromatic nitrogens is 3.